The quantitative estimate of drug-likeness (QED) is 0.655. The molecule has 1 aromatic heterocycles. The maximum absolute atomic E-state index is 11.7. The number of fused-ring (bicyclic) bond motifs is 1. The smallest absolute Gasteiger partial charge is 0.313 e. The van der Waals surface area contributed by atoms with Crippen molar-refractivity contribution in [1.82, 2.24) is 9.88 Å². The summed E-state index contributed by atoms with van der Waals surface area (Å²) in [6.07, 6.45) is 3.02. The molecule has 0 aliphatic rings. The molecule has 0 spiro atoms. The molecule has 0 saturated heterocycles. The molecule has 2 aromatic rings. The van der Waals surface area contributed by atoms with Crippen molar-refractivity contribution < 1.29 is 9.53 Å². The van der Waals surface area contributed by atoms with Gasteiger partial charge in [-0.15, -0.1) is 0 Å². The molecule has 0 fully saturated rings. The average molecular weight is 302 g/mol. The highest BCUT2D eigenvalue weighted by molar-refractivity contribution is 5.85. The summed E-state index contributed by atoms with van der Waals surface area (Å²) in [5.41, 5.74) is 2.33. The lowest BCUT2D eigenvalue weighted by Gasteiger charge is -2.20. The minimum atomic E-state index is -0.198. The van der Waals surface area contributed by atoms with Gasteiger partial charge in [-0.1, -0.05) is 13.8 Å². The van der Waals surface area contributed by atoms with E-state index < -0.39 is 0 Å². The fourth-order valence-electron chi connectivity index (χ4n) is 2.22. The number of aromatic amines is 1. The molecule has 4 heteroatoms. The second kappa shape index (κ2) is 6.97. The third kappa shape index (κ3) is 3.89. The standard InChI is InChI=1S/C18H26N2O2/c1-12(2)18(21)22-15-6-7-17-16(10-15)14(11-19-17)8-9-20(5)13(3)4/h6-7,10-13,19H,8-9H2,1-5H3. The summed E-state index contributed by atoms with van der Waals surface area (Å²) in [6.45, 7) is 9.06. The van der Waals surface area contributed by atoms with Crippen LogP contribution in [0.25, 0.3) is 10.9 Å². The second-order valence-electron chi connectivity index (χ2n) is 6.42. The topological polar surface area (TPSA) is 45.3 Å². The summed E-state index contributed by atoms with van der Waals surface area (Å²) in [6, 6.07) is 6.29. The Morgan fingerprint density at radius 1 is 1.27 bits per heavy atom. The monoisotopic (exact) mass is 302 g/mol. The number of nitrogens with zero attached hydrogens (tertiary/aromatic N) is 1. The Morgan fingerprint density at radius 2 is 2.00 bits per heavy atom. The molecule has 0 bridgehead atoms. The first-order chi connectivity index (χ1) is 10.4. The number of carbonyl (C=O) groups excluding carboxylic acids is 1. The van der Waals surface area contributed by atoms with Gasteiger partial charge < -0.3 is 14.6 Å². The molecule has 0 amide bonds. The zero-order chi connectivity index (χ0) is 16.3. The van der Waals surface area contributed by atoms with Crippen molar-refractivity contribution in [1.29, 1.82) is 0 Å². The third-order valence-corrected chi connectivity index (χ3v) is 4.04. The Labute approximate surface area is 132 Å². The van der Waals surface area contributed by atoms with E-state index in [-0.39, 0.29) is 11.9 Å². The van der Waals surface area contributed by atoms with E-state index in [9.17, 15) is 4.79 Å². The van der Waals surface area contributed by atoms with Gasteiger partial charge in [0.2, 0.25) is 0 Å². The van der Waals surface area contributed by atoms with Crippen molar-refractivity contribution in [2.24, 2.45) is 5.92 Å². The predicted molar refractivity (Wildman–Crippen MR) is 90.2 cm³/mol. The molecule has 0 aliphatic heterocycles. The normalized spacial score (nSPS) is 11.8. The van der Waals surface area contributed by atoms with Crippen LogP contribution < -0.4 is 4.74 Å². The van der Waals surface area contributed by atoms with E-state index in [0.29, 0.717) is 11.8 Å². The lowest BCUT2D eigenvalue weighted by atomic mass is 10.1. The Morgan fingerprint density at radius 3 is 2.64 bits per heavy atom. The molecule has 1 aromatic carbocycles. The van der Waals surface area contributed by atoms with E-state index in [4.69, 9.17) is 4.74 Å². The van der Waals surface area contributed by atoms with E-state index in [2.05, 4.69) is 30.8 Å². The molecule has 0 saturated carbocycles. The molecule has 4 nitrogen and oxygen atoms in total. The van der Waals surface area contributed by atoms with Crippen LogP contribution in [0.2, 0.25) is 0 Å². The van der Waals surface area contributed by atoms with Crippen LogP contribution in [-0.4, -0.2) is 35.5 Å². The van der Waals surface area contributed by atoms with E-state index in [1.54, 1.807) is 0 Å². The number of nitrogens with one attached hydrogen (secondary N) is 1. The van der Waals surface area contributed by atoms with Gasteiger partial charge in [-0.3, -0.25) is 4.79 Å². The summed E-state index contributed by atoms with van der Waals surface area (Å²) >= 11 is 0. The van der Waals surface area contributed by atoms with Gasteiger partial charge in [0.05, 0.1) is 5.92 Å². The predicted octanol–water partition coefficient (Wildman–Crippen LogP) is 3.61. The van der Waals surface area contributed by atoms with E-state index in [1.807, 2.05) is 38.2 Å². The Kier molecular flexibility index (Phi) is 5.24. The first-order valence-electron chi connectivity index (χ1n) is 7.90. The molecule has 0 unspecified atom stereocenters. The number of likely N-dealkylation sites (N-methyl/N-ethyl adjacent to an activating group) is 1. The highest BCUT2D eigenvalue weighted by atomic mass is 16.5. The van der Waals surface area contributed by atoms with Crippen LogP contribution in [-0.2, 0) is 11.2 Å². The molecule has 2 rings (SSSR count). The Balaban J connectivity index is 2.16. The van der Waals surface area contributed by atoms with Crippen LogP contribution in [0, 0.1) is 5.92 Å². The first-order valence-corrected chi connectivity index (χ1v) is 7.90. The van der Waals surface area contributed by atoms with Crippen LogP contribution in [0.4, 0.5) is 0 Å². The lowest BCUT2D eigenvalue weighted by Crippen LogP contribution is -2.28. The SMILES string of the molecule is CC(C)C(=O)Oc1ccc2[nH]cc(CCN(C)C(C)C)c2c1. The van der Waals surface area contributed by atoms with Gasteiger partial charge in [0.1, 0.15) is 5.75 Å². The number of hydrogen-bond acceptors (Lipinski definition) is 3. The van der Waals surface area contributed by atoms with E-state index >= 15 is 0 Å². The largest absolute Gasteiger partial charge is 0.426 e. The van der Waals surface area contributed by atoms with Crippen molar-refractivity contribution in [3.8, 4) is 5.75 Å². The minimum Gasteiger partial charge on any atom is -0.426 e. The zero-order valence-electron chi connectivity index (χ0n) is 14.1. The molecular weight excluding hydrogens is 276 g/mol. The fraction of sp³-hybridized carbons (Fsp3) is 0.500. The number of carbonyl (C=O) groups is 1. The minimum absolute atomic E-state index is 0.124. The molecular formula is C18H26N2O2. The molecule has 0 atom stereocenters. The van der Waals surface area contributed by atoms with Crippen LogP contribution in [0.15, 0.2) is 24.4 Å². The van der Waals surface area contributed by atoms with Gasteiger partial charge in [0.25, 0.3) is 0 Å². The summed E-state index contributed by atoms with van der Waals surface area (Å²) in [5.74, 6) is 0.293. The maximum Gasteiger partial charge on any atom is 0.313 e. The molecule has 0 radical (unpaired) electrons. The number of esters is 1. The van der Waals surface area contributed by atoms with E-state index in [0.717, 1.165) is 23.9 Å². The molecule has 1 N–H and O–H groups in total. The highest BCUT2D eigenvalue weighted by Crippen LogP contribution is 2.25. The van der Waals surface area contributed by atoms with Gasteiger partial charge in [0, 0.05) is 29.7 Å². The maximum atomic E-state index is 11.7. The lowest BCUT2D eigenvalue weighted by molar-refractivity contribution is -0.137. The number of benzene rings is 1. The van der Waals surface area contributed by atoms with Crippen molar-refractivity contribution >= 4 is 16.9 Å². The summed E-state index contributed by atoms with van der Waals surface area (Å²) in [5, 5.41) is 1.13. The molecule has 0 aliphatic carbocycles. The Bertz CT molecular complexity index is 644. The van der Waals surface area contributed by atoms with Crippen molar-refractivity contribution in [3.05, 3.63) is 30.0 Å². The van der Waals surface area contributed by atoms with Crippen LogP contribution in [0.1, 0.15) is 33.3 Å². The van der Waals surface area contributed by atoms with Gasteiger partial charge in [0.15, 0.2) is 0 Å². The summed E-state index contributed by atoms with van der Waals surface area (Å²) in [4.78, 5) is 17.3. The van der Waals surface area contributed by atoms with Crippen LogP contribution in [0.5, 0.6) is 5.75 Å². The van der Waals surface area contributed by atoms with Crippen LogP contribution in [0.3, 0.4) is 0 Å². The second-order valence-corrected chi connectivity index (χ2v) is 6.42. The van der Waals surface area contributed by atoms with Gasteiger partial charge >= 0.3 is 5.97 Å². The number of ether oxygens (including phenoxy) is 1. The summed E-state index contributed by atoms with van der Waals surface area (Å²) in [7, 11) is 2.13. The van der Waals surface area contributed by atoms with E-state index in [1.165, 1.54) is 5.56 Å². The highest BCUT2D eigenvalue weighted by Gasteiger charge is 2.12. The molecule has 22 heavy (non-hydrogen) atoms. The number of rotatable bonds is 6. The van der Waals surface area contributed by atoms with Gasteiger partial charge in [-0.25, -0.2) is 0 Å². The summed E-state index contributed by atoms with van der Waals surface area (Å²) < 4.78 is 5.41. The van der Waals surface area contributed by atoms with Gasteiger partial charge in [-0.05, 0) is 51.1 Å². The number of aromatic nitrogens is 1. The Hall–Kier alpha value is -1.81. The van der Waals surface area contributed by atoms with Crippen LogP contribution >= 0.6 is 0 Å². The molecule has 120 valence electrons. The first kappa shape index (κ1) is 16.6. The molecule has 1 heterocycles. The zero-order valence-corrected chi connectivity index (χ0v) is 14.1. The average Bonchev–Trinajstić information content (AvgIpc) is 2.86. The van der Waals surface area contributed by atoms with Gasteiger partial charge in [-0.2, -0.15) is 0 Å². The van der Waals surface area contributed by atoms with Crippen molar-refractivity contribution in [3.63, 3.8) is 0 Å². The third-order valence-electron chi connectivity index (χ3n) is 4.04. The number of hydrogen-bond donors (Lipinski definition) is 1. The fourth-order valence-corrected chi connectivity index (χ4v) is 2.22. The van der Waals surface area contributed by atoms with Crippen molar-refractivity contribution in [2.45, 2.75) is 40.2 Å². The van der Waals surface area contributed by atoms with Crippen molar-refractivity contribution in [2.75, 3.05) is 13.6 Å². The number of H-pyrrole nitrogens is 1.